The first-order chi connectivity index (χ1) is 10.8. The molecule has 1 atom stereocenters. The molecule has 2 aliphatic rings. The van der Waals surface area contributed by atoms with Crippen molar-refractivity contribution in [1.82, 2.24) is 0 Å². The molecule has 0 aromatic heterocycles. The van der Waals surface area contributed by atoms with Crippen LogP contribution in [0, 0.1) is 5.92 Å². The molecular weight excluding hydrogens is 266 g/mol. The standard InChI is InChI=1S/C21H23N/c1-3-4-15-22(2)21-12-8-7-11-20(21)19-14-13-17-9-5-6-10-18(17)16-19/h3-12,14,16-17H,13,15H2,1-2H3/b4-3-. The van der Waals surface area contributed by atoms with E-state index in [2.05, 4.69) is 91.7 Å². The Morgan fingerprint density at radius 2 is 2.09 bits per heavy atom. The third kappa shape index (κ3) is 2.99. The molecule has 2 aliphatic carbocycles. The maximum absolute atomic E-state index is 2.38. The van der Waals surface area contributed by atoms with Gasteiger partial charge in [-0.2, -0.15) is 0 Å². The van der Waals surface area contributed by atoms with E-state index in [9.17, 15) is 0 Å². The van der Waals surface area contributed by atoms with E-state index >= 15 is 0 Å². The predicted molar refractivity (Wildman–Crippen MR) is 97.0 cm³/mol. The molecule has 0 bridgehead atoms. The average molecular weight is 289 g/mol. The molecule has 0 saturated carbocycles. The average Bonchev–Trinajstić information content (AvgIpc) is 2.59. The highest BCUT2D eigenvalue weighted by Gasteiger charge is 2.17. The van der Waals surface area contributed by atoms with E-state index < -0.39 is 0 Å². The van der Waals surface area contributed by atoms with Crippen molar-refractivity contribution in [1.29, 1.82) is 0 Å². The minimum atomic E-state index is 0.557. The van der Waals surface area contributed by atoms with Gasteiger partial charge in [-0.25, -0.2) is 0 Å². The Morgan fingerprint density at radius 3 is 2.95 bits per heavy atom. The van der Waals surface area contributed by atoms with Crippen LogP contribution in [0.15, 0.2) is 78.4 Å². The number of anilines is 1. The maximum atomic E-state index is 2.38. The highest BCUT2D eigenvalue weighted by atomic mass is 15.1. The van der Waals surface area contributed by atoms with Gasteiger partial charge in [-0.15, -0.1) is 0 Å². The van der Waals surface area contributed by atoms with Crippen LogP contribution in [0.1, 0.15) is 18.9 Å². The molecule has 112 valence electrons. The molecule has 0 amide bonds. The van der Waals surface area contributed by atoms with Gasteiger partial charge in [0.15, 0.2) is 0 Å². The SMILES string of the molecule is C/C=C\CN(C)c1ccccc1C1=CCC2C=CC=CC2=C1. The van der Waals surface area contributed by atoms with Crippen molar-refractivity contribution in [3.05, 3.63) is 84.0 Å². The molecule has 1 heteroatoms. The number of allylic oxidation sites excluding steroid dienone is 9. The Kier molecular flexibility index (Phi) is 4.43. The number of para-hydroxylation sites is 1. The van der Waals surface area contributed by atoms with Gasteiger partial charge in [0, 0.05) is 30.8 Å². The number of rotatable bonds is 4. The smallest absolute Gasteiger partial charge is 0.0446 e. The van der Waals surface area contributed by atoms with Gasteiger partial charge in [0.05, 0.1) is 0 Å². The number of hydrogen-bond donors (Lipinski definition) is 0. The Labute approximate surface area is 133 Å². The molecule has 0 radical (unpaired) electrons. The molecule has 1 aromatic rings. The van der Waals surface area contributed by atoms with Gasteiger partial charge in [0.2, 0.25) is 0 Å². The largest absolute Gasteiger partial charge is 0.370 e. The summed E-state index contributed by atoms with van der Waals surface area (Å²) in [5, 5.41) is 0. The first kappa shape index (κ1) is 14.6. The number of benzene rings is 1. The number of hydrogen-bond acceptors (Lipinski definition) is 1. The topological polar surface area (TPSA) is 3.24 Å². The minimum Gasteiger partial charge on any atom is -0.370 e. The van der Waals surface area contributed by atoms with E-state index in [4.69, 9.17) is 0 Å². The van der Waals surface area contributed by atoms with Crippen molar-refractivity contribution in [3.8, 4) is 0 Å². The normalized spacial score (nSPS) is 19.8. The lowest BCUT2D eigenvalue weighted by molar-refractivity contribution is 0.782. The van der Waals surface area contributed by atoms with E-state index in [-0.39, 0.29) is 0 Å². The lowest BCUT2D eigenvalue weighted by Gasteiger charge is -2.25. The van der Waals surface area contributed by atoms with Gasteiger partial charge in [-0.05, 0) is 30.6 Å². The molecule has 3 rings (SSSR count). The fraction of sp³-hybridized carbons (Fsp3) is 0.238. The first-order valence-corrected chi connectivity index (χ1v) is 7.98. The minimum absolute atomic E-state index is 0.557. The van der Waals surface area contributed by atoms with Crippen LogP contribution >= 0.6 is 0 Å². The zero-order chi connectivity index (χ0) is 15.4. The lowest BCUT2D eigenvalue weighted by Crippen LogP contribution is -2.18. The predicted octanol–water partition coefficient (Wildman–Crippen LogP) is 5.15. The van der Waals surface area contributed by atoms with Crippen LogP contribution in [0.3, 0.4) is 0 Å². The zero-order valence-corrected chi connectivity index (χ0v) is 13.4. The lowest BCUT2D eigenvalue weighted by atomic mass is 9.83. The second-order valence-electron chi connectivity index (χ2n) is 5.86. The highest BCUT2D eigenvalue weighted by Crippen LogP contribution is 2.35. The number of likely N-dealkylation sites (N-methyl/N-ethyl adjacent to an activating group) is 1. The van der Waals surface area contributed by atoms with Gasteiger partial charge in [0.25, 0.3) is 0 Å². The molecule has 1 unspecified atom stereocenters. The summed E-state index contributed by atoms with van der Waals surface area (Å²) in [5.74, 6) is 0.557. The molecule has 0 spiro atoms. The summed E-state index contributed by atoms with van der Waals surface area (Å²) in [6, 6.07) is 8.69. The van der Waals surface area contributed by atoms with Gasteiger partial charge >= 0.3 is 0 Å². The molecule has 0 fully saturated rings. The third-order valence-corrected chi connectivity index (χ3v) is 4.33. The number of fused-ring (bicyclic) bond motifs is 1. The summed E-state index contributed by atoms with van der Waals surface area (Å²) >= 11 is 0. The van der Waals surface area contributed by atoms with Crippen LogP contribution in [-0.2, 0) is 0 Å². The third-order valence-electron chi connectivity index (χ3n) is 4.33. The van der Waals surface area contributed by atoms with Crippen molar-refractivity contribution in [2.24, 2.45) is 5.92 Å². The maximum Gasteiger partial charge on any atom is 0.0446 e. The van der Waals surface area contributed by atoms with Gasteiger partial charge < -0.3 is 4.90 Å². The molecule has 0 saturated heterocycles. The summed E-state index contributed by atoms with van der Waals surface area (Å²) < 4.78 is 0. The molecule has 0 N–H and O–H groups in total. The van der Waals surface area contributed by atoms with Crippen molar-refractivity contribution >= 4 is 11.3 Å². The van der Waals surface area contributed by atoms with Crippen LogP contribution in [-0.4, -0.2) is 13.6 Å². The van der Waals surface area contributed by atoms with Crippen molar-refractivity contribution in [2.45, 2.75) is 13.3 Å². The van der Waals surface area contributed by atoms with Crippen molar-refractivity contribution in [2.75, 3.05) is 18.5 Å². The molecule has 1 nitrogen and oxygen atoms in total. The molecule has 22 heavy (non-hydrogen) atoms. The summed E-state index contributed by atoms with van der Waals surface area (Å²) in [6.45, 7) is 3.00. The van der Waals surface area contributed by atoms with Crippen LogP contribution in [0.4, 0.5) is 5.69 Å². The zero-order valence-electron chi connectivity index (χ0n) is 13.4. The molecular formula is C21H23N. The summed E-state index contributed by atoms with van der Waals surface area (Å²) in [4.78, 5) is 2.30. The Balaban J connectivity index is 1.93. The van der Waals surface area contributed by atoms with Crippen LogP contribution < -0.4 is 4.90 Å². The van der Waals surface area contributed by atoms with E-state index in [1.54, 1.807) is 0 Å². The molecule has 0 aliphatic heterocycles. The van der Waals surface area contributed by atoms with E-state index in [0.29, 0.717) is 5.92 Å². The summed E-state index contributed by atoms with van der Waals surface area (Å²) in [5.41, 5.74) is 5.38. The monoisotopic (exact) mass is 289 g/mol. The van der Waals surface area contributed by atoms with Crippen molar-refractivity contribution < 1.29 is 0 Å². The molecule has 1 aromatic carbocycles. The first-order valence-electron chi connectivity index (χ1n) is 7.98. The van der Waals surface area contributed by atoms with Gasteiger partial charge in [-0.3, -0.25) is 0 Å². The Hall–Kier alpha value is -2.28. The second kappa shape index (κ2) is 6.65. The Morgan fingerprint density at radius 1 is 1.23 bits per heavy atom. The highest BCUT2D eigenvalue weighted by molar-refractivity contribution is 5.84. The molecule has 0 heterocycles. The van der Waals surface area contributed by atoms with Crippen molar-refractivity contribution in [3.63, 3.8) is 0 Å². The fourth-order valence-electron chi connectivity index (χ4n) is 3.06. The van der Waals surface area contributed by atoms with E-state index in [1.165, 1.54) is 22.4 Å². The second-order valence-corrected chi connectivity index (χ2v) is 5.86. The number of nitrogens with zero attached hydrogens (tertiary/aromatic N) is 1. The van der Waals surface area contributed by atoms with Crippen LogP contribution in [0.2, 0.25) is 0 Å². The van der Waals surface area contributed by atoms with Gasteiger partial charge in [-0.1, -0.05) is 66.8 Å². The van der Waals surface area contributed by atoms with Crippen LogP contribution in [0.5, 0.6) is 0 Å². The Bertz CT molecular complexity index is 686. The quantitative estimate of drug-likeness (QED) is 0.692. The summed E-state index contributed by atoms with van der Waals surface area (Å²) in [6.07, 6.45) is 18.9. The van der Waals surface area contributed by atoms with Gasteiger partial charge in [0.1, 0.15) is 0 Å². The van der Waals surface area contributed by atoms with Crippen LogP contribution in [0.25, 0.3) is 5.57 Å². The fourth-order valence-corrected chi connectivity index (χ4v) is 3.06. The van der Waals surface area contributed by atoms with E-state index in [1.807, 2.05) is 0 Å². The van der Waals surface area contributed by atoms with E-state index in [0.717, 1.165) is 13.0 Å². The summed E-state index contributed by atoms with van der Waals surface area (Å²) in [7, 11) is 2.15.